The Kier molecular flexibility index (Phi) is 3.12. The SMILES string of the molecule is CC(C)CCOC1CC(=O)C1(C)C. The van der Waals surface area contributed by atoms with Crippen LogP contribution < -0.4 is 0 Å². The second-order valence-corrected chi connectivity index (χ2v) is 4.89. The van der Waals surface area contributed by atoms with Crippen molar-refractivity contribution in [1.29, 1.82) is 0 Å². The van der Waals surface area contributed by atoms with E-state index in [9.17, 15) is 4.79 Å². The van der Waals surface area contributed by atoms with Gasteiger partial charge in [-0.2, -0.15) is 0 Å². The molecule has 0 aromatic rings. The second-order valence-electron chi connectivity index (χ2n) is 4.89. The number of carbonyl (C=O) groups is 1. The van der Waals surface area contributed by atoms with Gasteiger partial charge in [-0.1, -0.05) is 27.7 Å². The Hall–Kier alpha value is -0.370. The molecule has 1 fully saturated rings. The molecule has 1 saturated carbocycles. The van der Waals surface area contributed by atoms with Crippen molar-refractivity contribution in [3.63, 3.8) is 0 Å². The predicted octanol–water partition coefficient (Wildman–Crippen LogP) is 2.42. The summed E-state index contributed by atoms with van der Waals surface area (Å²) in [6.45, 7) is 9.09. The van der Waals surface area contributed by atoms with Gasteiger partial charge in [-0.3, -0.25) is 4.79 Å². The molecule has 0 amide bonds. The Balaban J connectivity index is 2.21. The third-order valence-corrected chi connectivity index (χ3v) is 2.91. The van der Waals surface area contributed by atoms with E-state index in [2.05, 4.69) is 13.8 Å². The monoisotopic (exact) mass is 184 g/mol. The first-order chi connectivity index (χ1) is 5.94. The maximum atomic E-state index is 11.2. The van der Waals surface area contributed by atoms with Gasteiger partial charge in [-0.15, -0.1) is 0 Å². The Morgan fingerprint density at radius 2 is 2.15 bits per heavy atom. The van der Waals surface area contributed by atoms with E-state index in [4.69, 9.17) is 4.74 Å². The van der Waals surface area contributed by atoms with Gasteiger partial charge in [0.15, 0.2) is 0 Å². The van der Waals surface area contributed by atoms with Crippen LogP contribution in [0.4, 0.5) is 0 Å². The van der Waals surface area contributed by atoms with Gasteiger partial charge in [-0.25, -0.2) is 0 Å². The third-order valence-electron chi connectivity index (χ3n) is 2.91. The van der Waals surface area contributed by atoms with Gasteiger partial charge >= 0.3 is 0 Å². The molecule has 2 nitrogen and oxygen atoms in total. The third kappa shape index (κ3) is 2.31. The molecule has 1 unspecified atom stereocenters. The molecular weight excluding hydrogens is 164 g/mol. The summed E-state index contributed by atoms with van der Waals surface area (Å²) < 4.78 is 5.65. The van der Waals surface area contributed by atoms with Gasteiger partial charge in [0, 0.05) is 13.0 Å². The summed E-state index contributed by atoms with van der Waals surface area (Å²) in [5, 5.41) is 0. The molecule has 0 radical (unpaired) electrons. The lowest BCUT2D eigenvalue weighted by Crippen LogP contribution is -2.51. The number of ketones is 1. The van der Waals surface area contributed by atoms with Gasteiger partial charge in [0.05, 0.1) is 11.5 Å². The summed E-state index contributed by atoms with van der Waals surface area (Å²) in [4.78, 5) is 11.2. The van der Waals surface area contributed by atoms with Crippen LogP contribution in [-0.2, 0) is 9.53 Å². The molecule has 0 saturated heterocycles. The summed E-state index contributed by atoms with van der Waals surface area (Å²) >= 11 is 0. The quantitative estimate of drug-likeness (QED) is 0.670. The maximum Gasteiger partial charge on any atom is 0.143 e. The Morgan fingerprint density at radius 3 is 2.54 bits per heavy atom. The van der Waals surface area contributed by atoms with Crippen molar-refractivity contribution in [2.45, 2.75) is 46.6 Å². The van der Waals surface area contributed by atoms with E-state index in [1.54, 1.807) is 0 Å². The normalized spacial score (nSPS) is 26.2. The van der Waals surface area contributed by atoms with Crippen molar-refractivity contribution in [2.24, 2.45) is 11.3 Å². The van der Waals surface area contributed by atoms with Gasteiger partial charge in [0.2, 0.25) is 0 Å². The van der Waals surface area contributed by atoms with Crippen molar-refractivity contribution in [3.8, 4) is 0 Å². The first kappa shape index (κ1) is 10.7. The molecular formula is C11H20O2. The molecule has 1 aliphatic rings. The van der Waals surface area contributed by atoms with E-state index in [0.29, 0.717) is 18.1 Å². The second kappa shape index (κ2) is 3.79. The molecule has 0 spiro atoms. The lowest BCUT2D eigenvalue weighted by atomic mass is 9.68. The summed E-state index contributed by atoms with van der Waals surface area (Å²) in [5.41, 5.74) is -0.225. The number of carbonyl (C=O) groups excluding carboxylic acids is 1. The number of Topliss-reactive ketones (excluding diaryl/α,β-unsaturated/α-hetero) is 1. The van der Waals surface area contributed by atoms with Gasteiger partial charge < -0.3 is 4.74 Å². The van der Waals surface area contributed by atoms with Crippen molar-refractivity contribution in [3.05, 3.63) is 0 Å². The minimum absolute atomic E-state index is 0.166. The molecule has 76 valence electrons. The lowest BCUT2D eigenvalue weighted by molar-refractivity contribution is -0.158. The zero-order valence-electron chi connectivity index (χ0n) is 9.09. The van der Waals surface area contributed by atoms with Crippen LogP contribution >= 0.6 is 0 Å². The molecule has 0 N–H and O–H groups in total. The molecule has 1 aliphatic carbocycles. The molecule has 1 atom stereocenters. The van der Waals surface area contributed by atoms with E-state index in [1.807, 2.05) is 13.8 Å². The predicted molar refractivity (Wildman–Crippen MR) is 52.6 cm³/mol. The van der Waals surface area contributed by atoms with E-state index < -0.39 is 0 Å². The van der Waals surface area contributed by atoms with Crippen LogP contribution in [0.25, 0.3) is 0 Å². The van der Waals surface area contributed by atoms with Crippen molar-refractivity contribution in [1.82, 2.24) is 0 Å². The van der Waals surface area contributed by atoms with Crippen LogP contribution in [0.1, 0.15) is 40.5 Å². The first-order valence-electron chi connectivity index (χ1n) is 5.09. The molecule has 2 heteroatoms. The number of rotatable bonds is 4. The van der Waals surface area contributed by atoms with E-state index in [0.717, 1.165) is 13.0 Å². The van der Waals surface area contributed by atoms with Crippen molar-refractivity contribution < 1.29 is 9.53 Å². The highest BCUT2D eigenvalue weighted by Gasteiger charge is 2.47. The standard InChI is InChI=1S/C11H20O2/c1-8(2)5-6-13-10-7-9(12)11(10,3)4/h8,10H,5-7H2,1-4H3. The van der Waals surface area contributed by atoms with Crippen LogP contribution in [0.2, 0.25) is 0 Å². The fourth-order valence-corrected chi connectivity index (χ4v) is 1.45. The number of ether oxygens (including phenoxy) is 1. The average Bonchev–Trinajstić information content (AvgIpc) is 2.02. The fourth-order valence-electron chi connectivity index (χ4n) is 1.45. The largest absolute Gasteiger partial charge is 0.377 e. The van der Waals surface area contributed by atoms with E-state index in [1.165, 1.54) is 0 Å². The van der Waals surface area contributed by atoms with Gasteiger partial charge in [0.1, 0.15) is 5.78 Å². The topological polar surface area (TPSA) is 26.3 Å². The highest BCUT2D eigenvalue weighted by Crippen LogP contribution is 2.38. The first-order valence-corrected chi connectivity index (χ1v) is 5.09. The van der Waals surface area contributed by atoms with Gasteiger partial charge in [-0.05, 0) is 12.3 Å². The maximum absolute atomic E-state index is 11.2. The minimum atomic E-state index is -0.225. The zero-order valence-corrected chi connectivity index (χ0v) is 9.09. The smallest absolute Gasteiger partial charge is 0.143 e. The van der Waals surface area contributed by atoms with Crippen LogP contribution in [0.3, 0.4) is 0 Å². The zero-order chi connectivity index (χ0) is 10.1. The lowest BCUT2D eigenvalue weighted by Gasteiger charge is -2.42. The molecule has 13 heavy (non-hydrogen) atoms. The highest BCUT2D eigenvalue weighted by molar-refractivity contribution is 5.91. The highest BCUT2D eigenvalue weighted by atomic mass is 16.5. The summed E-state index contributed by atoms with van der Waals surface area (Å²) in [6, 6.07) is 0. The van der Waals surface area contributed by atoms with Crippen LogP contribution in [-0.4, -0.2) is 18.5 Å². The molecule has 0 aromatic heterocycles. The van der Waals surface area contributed by atoms with E-state index in [-0.39, 0.29) is 11.5 Å². The molecule has 0 bridgehead atoms. The summed E-state index contributed by atoms with van der Waals surface area (Å²) in [7, 11) is 0. The van der Waals surface area contributed by atoms with Crippen molar-refractivity contribution >= 4 is 5.78 Å². The summed E-state index contributed by atoms with van der Waals surface area (Å²) in [6.07, 6.45) is 1.87. The number of hydrogen-bond donors (Lipinski definition) is 0. The van der Waals surface area contributed by atoms with Crippen molar-refractivity contribution in [2.75, 3.05) is 6.61 Å². The summed E-state index contributed by atoms with van der Waals surface area (Å²) in [5.74, 6) is 1.01. The van der Waals surface area contributed by atoms with E-state index >= 15 is 0 Å². The molecule has 1 rings (SSSR count). The number of hydrogen-bond acceptors (Lipinski definition) is 2. The molecule has 0 heterocycles. The Bertz CT molecular complexity index is 194. The Morgan fingerprint density at radius 1 is 1.54 bits per heavy atom. The fraction of sp³-hybridized carbons (Fsp3) is 0.909. The van der Waals surface area contributed by atoms with Crippen LogP contribution in [0.15, 0.2) is 0 Å². The average molecular weight is 184 g/mol. The molecule has 0 aliphatic heterocycles. The Labute approximate surface area is 80.7 Å². The molecule has 0 aromatic carbocycles. The van der Waals surface area contributed by atoms with Crippen LogP contribution in [0.5, 0.6) is 0 Å². The van der Waals surface area contributed by atoms with Gasteiger partial charge in [0.25, 0.3) is 0 Å². The van der Waals surface area contributed by atoms with Crippen LogP contribution in [0, 0.1) is 11.3 Å². The minimum Gasteiger partial charge on any atom is -0.377 e.